The lowest BCUT2D eigenvalue weighted by Gasteiger charge is -2.11. The summed E-state index contributed by atoms with van der Waals surface area (Å²) >= 11 is 12.4. The second-order valence-electron chi connectivity index (χ2n) is 5.49. The number of benzene rings is 2. The molecule has 5 heteroatoms. The maximum Gasteiger partial charge on any atom is 0.143 e. The van der Waals surface area contributed by atoms with Crippen molar-refractivity contribution in [2.24, 2.45) is 0 Å². The maximum absolute atomic E-state index is 6.37. The molecular weight excluding hydrogens is 341 g/mol. The summed E-state index contributed by atoms with van der Waals surface area (Å²) < 4.78 is 2.15. The molecule has 0 aliphatic carbocycles. The van der Waals surface area contributed by atoms with E-state index in [4.69, 9.17) is 28.2 Å². The van der Waals surface area contributed by atoms with Gasteiger partial charge in [-0.1, -0.05) is 41.4 Å². The highest BCUT2D eigenvalue weighted by Crippen LogP contribution is 2.28. The number of hydrogen-bond donors (Lipinski definition) is 0. The van der Waals surface area contributed by atoms with Crippen LogP contribution in [0.2, 0.25) is 10.0 Å². The first-order chi connectivity index (χ1) is 11.7. The minimum Gasteiger partial charge on any atom is -0.319 e. The van der Waals surface area contributed by atoms with Gasteiger partial charge in [0.25, 0.3) is 0 Å². The third-order valence-corrected chi connectivity index (χ3v) is 4.50. The monoisotopic (exact) mass is 353 g/mol. The molecule has 4 aromatic rings. The van der Waals surface area contributed by atoms with Crippen molar-refractivity contribution < 1.29 is 0 Å². The number of hydrogen-bond acceptors (Lipinski definition) is 2. The molecule has 0 radical (unpaired) electrons. The SMILES string of the molecule is Clc1ccc(Cn2c(-c3cccnc3)nc3ccccc32)c(Cl)c1. The molecule has 24 heavy (non-hydrogen) atoms. The summed E-state index contributed by atoms with van der Waals surface area (Å²) in [4.78, 5) is 8.99. The molecule has 0 unspecified atom stereocenters. The van der Waals surface area contributed by atoms with E-state index < -0.39 is 0 Å². The number of imidazole rings is 1. The van der Waals surface area contributed by atoms with Crippen LogP contribution >= 0.6 is 23.2 Å². The Hall–Kier alpha value is -2.36. The normalized spacial score (nSPS) is 11.1. The average molecular weight is 354 g/mol. The fourth-order valence-electron chi connectivity index (χ4n) is 2.77. The Morgan fingerprint density at radius 1 is 0.958 bits per heavy atom. The summed E-state index contributed by atoms with van der Waals surface area (Å²) in [7, 11) is 0. The number of fused-ring (bicyclic) bond motifs is 1. The minimum atomic E-state index is 0.612. The minimum absolute atomic E-state index is 0.612. The van der Waals surface area contributed by atoms with E-state index in [1.165, 1.54) is 0 Å². The van der Waals surface area contributed by atoms with Crippen molar-refractivity contribution in [3.8, 4) is 11.4 Å². The van der Waals surface area contributed by atoms with Crippen LogP contribution in [0.1, 0.15) is 5.56 Å². The quantitative estimate of drug-likeness (QED) is 0.490. The Kier molecular flexibility index (Phi) is 3.97. The van der Waals surface area contributed by atoms with E-state index in [-0.39, 0.29) is 0 Å². The van der Waals surface area contributed by atoms with Gasteiger partial charge in [0, 0.05) is 28.0 Å². The van der Waals surface area contributed by atoms with Crippen LogP contribution in [0.25, 0.3) is 22.4 Å². The zero-order chi connectivity index (χ0) is 16.5. The molecule has 2 aromatic carbocycles. The lowest BCUT2D eigenvalue weighted by Crippen LogP contribution is -2.03. The molecule has 2 aromatic heterocycles. The zero-order valence-corrected chi connectivity index (χ0v) is 14.2. The van der Waals surface area contributed by atoms with Gasteiger partial charge in [-0.15, -0.1) is 0 Å². The largest absolute Gasteiger partial charge is 0.319 e. The molecule has 2 heterocycles. The predicted octanol–water partition coefficient (Wildman–Crippen LogP) is 5.45. The first-order valence-corrected chi connectivity index (χ1v) is 8.27. The Morgan fingerprint density at radius 2 is 1.83 bits per heavy atom. The smallest absolute Gasteiger partial charge is 0.143 e. The van der Waals surface area contributed by atoms with Crippen molar-refractivity contribution in [1.29, 1.82) is 0 Å². The van der Waals surface area contributed by atoms with Crippen molar-refractivity contribution in [2.45, 2.75) is 6.54 Å². The topological polar surface area (TPSA) is 30.7 Å². The summed E-state index contributed by atoms with van der Waals surface area (Å²) in [5.41, 5.74) is 3.97. The van der Waals surface area contributed by atoms with Gasteiger partial charge in [0.1, 0.15) is 5.82 Å². The third-order valence-electron chi connectivity index (χ3n) is 3.92. The fraction of sp³-hybridized carbons (Fsp3) is 0.0526. The van der Waals surface area contributed by atoms with E-state index in [1.54, 1.807) is 12.3 Å². The van der Waals surface area contributed by atoms with Crippen molar-refractivity contribution in [2.75, 3.05) is 0 Å². The van der Waals surface area contributed by atoms with Gasteiger partial charge >= 0.3 is 0 Å². The van der Waals surface area contributed by atoms with E-state index in [0.717, 1.165) is 28.0 Å². The van der Waals surface area contributed by atoms with Gasteiger partial charge < -0.3 is 4.57 Å². The van der Waals surface area contributed by atoms with Gasteiger partial charge in [0.15, 0.2) is 0 Å². The van der Waals surface area contributed by atoms with Crippen molar-refractivity contribution >= 4 is 34.2 Å². The van der Waals surface area contributed by atoms with Gasteiger partial charge in [-0.05, 0) is 42.0 Å². The highest BCUT2D eigenvalue weighted by molar-refractivity contribution is 6.35. The highest BCUT2D eigenvalue weighted by Gasteiger charge is 2.14. The molecule has 0 N–H and O–H groups in total. The van der Waals surface area contributed by atoms with Crippen LogP contribution in [0.15, 0.2) is 67.0 Å². The van der Waals surface area contributed by atoms with Crippen LogP contribution in [0, 0.1) is 0 Å². The molecule has 0 spiro atoms. The fourth-order valence-corrected chi connectivity index (χ4v) is 3.24. The van der Waals surface area contributed by atoms with Crippen LogP contribution in [-0.2, 0) is 6.54 Å². The van der Waals surface area contributed by atoms with E-state index in [0.29, 0.717) is 16.6 Å². The average Bonchev–Trinajstić information content (AvgIpc) is 2.97. The van der Waals surface area contributed by atoms with Gasteiger partial charge in [0.05, 0.1) is 17.6 Å². The van der Waals surface area contributed by atoms with Crippen molar-refractivity contribution in [3.05, 3.63) is 82.6 Å². The molecule has 4 rings (SSSR count). The molecule has 0 saturated carbocycles. The summed E-state index contributed by atoms with van der Waals surface area (Å²) in [6.07, 6.45) is 3.58. The van der Waals surface area contributed by atoms with Crippen LogP contribution < -0.4 is 0 Å². The van der Waals surface area contributed by atoms with E-state index in [1.807, 2.05) is 48.7 Å². The predicted molar refractivity (Wildman–Crippen MR) is 98.5 cm³/mol. The van der Waals surface area contributed by atoms with Gasteiger partial charge in [0.2, 0.25) is 0 Å². The van der Waals surface area contributed by atoms with E-state index in [9.17, 15) is 0 Å². The van der Waals surface area contributed by atoms with Gasteiger partial charge in [-0.25, -0.2) is 4.98 Å². The molecule has 118 valence electrons. The molecule has 0 saturated heterocycles. The molecule has 0 bridgehead atoms. The molecule has 3 nitrogen and oxygen atoms in total. The second-order valence-corrected chi connectivity index (χ2v) is 6.33. The van der Waals surface area contributed by atoms with E-state index in [2.05, 4.69) is 15.6 Å². The lowest BCUT2D eigenvalue weighted by atomic mass is 10.2. The Bertz CT molecular complexity index is 1010. The van der Waals surface area contributed by atoms with Crippen molar-refractivity contribution in [3.63, 3.8) is 0 Å². The first-order valence-electron chi connectivity index (χ1n) is 7.52. The molecular formula is C19H13Cl2N3. The maximum atomic E-state index is 6.37. The number of rotatable bonds is 3. The number of nitrogens with zero attached hydrogens (tertiary/aromatic N) is 3. The standard InChI is InChI=1S/C19H13Cl2N3/c20-15-8-7-14(16(21)10-15)12-24-18-6-2-1-5-17(18)23-19(24)13-4-3-9-22-11-13/h1-11H,12H2. The lowest BCUT2D eigenvalue weighted by molar-refractivity contribution is 0.834. The number of para-hydroxylation sites is 2. The summed E-state index contributed by atoms with van der Waals surface area (Å²) in [5, 5.41) is 1.28. The molecule has 0 amide bonds. The van der Waals surface area contributed by atoms with Crippen LogP contribution in [-0.4, -0.2) is 14.5 Å². The van der Waals surface area contributed by atoms with Crippen molar-refractivity contribution in [1.82, 2.24) is 14.5 Å². The number of aromatic nitrogens is 3. The Labute approximate surface area is 149 Å². The molecule has 0 fully saturated rings. The summed E-state index contributed by atoms with van der Waals surface area (Å²) in [5.74, 6) is 0.871. The van der Waals surface area contributed by atoms with Gasteiger partial charge in [-0.3, -0.25) is 4.98 Å². The Morgan fingerprint density at radius 3 is 2.62 bits per heavy atom. The highest BCUT2D eigenvalue weighted by atomic mass is 35.5. The third kappa shape index (κ3) is 2.77. The first kappa shape index (κ1) is 15.2. The van der Waals surface area contributed by atoms with Crippen LogP contribution in [0.5, 0.6) is 0 Å². The summed E-state index contributed by atoms with van der Waals surface area (Å²) in [6.45, 7) is 0.612. The van der Waals surface area contributed by atoms with Gasteiger partial charge in [-0.2, -0.15) is 0 Å². The van der Waals surface area contributed by atoms with Crippen LogP contribution in [0.3, 0.4) is 0 Å². The van der Waals surface area contributed by atoms with Crippen LogP contribution in [0.4, 0.5) is 0 Å². The molecule has 0 aliphatic heterocycles. The summed E-state index contributed by atoms with van der Waals surface area (Å²) in [6, 6.07) is 17.6. The molecule has 0 aliphatic rings. The molecule has 0 atom stereocenters. The second kappa shape index (κ2) is 6.27. The Balaban J connectivity index is 1.89. The number of halogens is 2. The zero-order valence-electron chi connectivity index (χ0n) is 12.7. The number of pyridine rings is 1. The van der Waals surface area contributed by atoms with E-state index >= 15 is 0 Å².